The van der Waals surface area contributed by atoms with E-state index in [1.54, 1.807) is 29.8 Å². The maximum Gasteiger partial charge on any atom is 0.358 e. The summed E-state index contributed by atoms with van der Waals surface area (Å²) in [6.45, 7) is 1.74. The van der Waals surface area contributed by atoms with Crippen LogP contribution in [0.5, 0.6) is 0 Å². The lowest BCUT2D eigenvalue weighted by molar-refractivity contribution is 0.0594. The van der Waals surface area contributed by atoms with Gasteiger partial charge in [-0.1, -0.05) is 5.16 Å². The van der Waals surface area contributed by atoms with E-state index >= 15 is 0 Å². The highest BCUT2D eigenvalue weighted by Gasteiger charge is 2.12. The minimum absolute atomic E-state index is 0.207. The van der Waals surface area contributed by atoms with Gasteiger partial charge in [-0.05, 0) is 19.1 Å². The SMILES string of the molecule is COC(=O)c1cn(-c2cc(-c3nc(C)no3)ccn2)cn1. The number of aryl methyl sites for hydroxylation is 1. The van der Waals surface area contributed by atoms with Crippen LogP contribution in [0.15, 0.2) is 35.4 Å². The second-order valence-corrected chi connectivity index (χ2v) is 4.21. The van der Waals surface area contributed by atoms with E-state index in [-0.39, 0.29) is 5.69 Å². The number of ether oxygens (including phenoxy) is 1. The lowest BCUT2D eigenvalue weighted by Crippen LogP contribution is -2.01. The van der Waals surface area contributed by atoms with Crippen molar-refractivity contribution in [2.75, 3.05) is 7.11 Å². The molecule has 0 saturated heterocycles. The molecule has 0 N–H and O–H groups in total. The third-order valence-corrected chi connectivity index (χ3v) is 2.76. The number of carbonyl (C=O) groups excluding carboxylic acids is 1. The lowest BCUT2D eigenvalue weighted by Gasteiger charge is -2.01. The highest BCUT2D eigenvalue weighted by atomic mass is 16.5. The normalized spacial score (nSPS) is 10.6. The quantitative estimate of drug-likeness (QED) is 0.671. The first kappa shape index (κ1) is 13.0. The molecule has 0 aliphatic heterocycles. The average Bonchev–Trinajstić information content (AvgIpc) is 3.15. The monoisotopic (exact) mass is 285 g/mol. The Balaban J connectivity index is 1.96. The zero-order valence-electron chi connectivity index (χ0n) is 11.3. The molecule has 0 bridgehead atoms. The fraction of sp³-hybridized carbons (Fsp3) is 0.154. The first-order valence-corrected chi connectivity index (χ1v) is 6.07. The largest absolute Gasteiger partial charge is 0.464 e. The van der Waals surface area contributed by atoms with Crippen LogP contribution in [0, 0.1) is 6.92 Å². The van der Waals surface area contributed by atoms with E-state index in [1.165, 1.54) is 19.6 Å². The first-order chi connectivity index (χ1) is 10.2. The number of rotatable bonds is 3. The molecule has 0 spiro atoms. The maximum absolute atomic E-state index is 11.4. The molecule has 3 heterocycles. The standard InChI is InChI=1S/C13H11N5O3/c1-8-16-12(21-17-8)9-3-4-14-11(5-9)18-6-10(15-7-18)13(19)20-2/h3-7H,1-2H3. The minimum Gasteiger partial charge on any atom is -0.464 e. The van der Waals surface area contributed by atoms with Crippen LogP contribution in [0.2, 0.25) is 0 Å². The smallest absolute Gasteiger partial charge is 0.358 e. The van der Waals surface area contributed by atoms with Crippen LogP contribution >= 0.6 is 0 Å². The summed E-state index contributed by atoms with van der Waals surface area (Å²) in [7, 11) is 1.30. The Hall–Kier alpha value is -3.03. The molecule has 0 atom stereocenters. The second kappa shape index (κ2) is 5.16. The number of nitrogens with zero attached hydrogens (tertiary/aromatic N) is 5. The number of imidazole rings is 1. The van der Waals surface area contributed by atoms with Crippen molar-refractivity contribution in [1.29, 1.82) is 0 Å². The minimum atomic E-state index is -0.502. The molecule has 0 fully saturated rings. The number of aromatic nitrogens is 5. The van der Waals surface area contributed by atoms with Crippen molar-refractivity contribution in [3.63, 3.8) is 0 Å². The fourth-order valence-corrected chi connectivity index (χ4v) is 1.77. The van der Waals surface area contributed by atoms with Crippen LogP contribution in [0.25, 0.3) is 17.3 Å². The number of pyridine rings is 1. The number of carbonyl (C=O) groups is 1. The predicted molar refractivity (Wildman–Crippen MR) is 70.7 cm³/mol. The van der Waals surface area contributed by atoms with E-state index in [4.69, 9.17) is 4.52 Å². The van der Waals surface area contributed by atoms with Crippen molar-refractivity contribution in [3.05, 3.63) is 42.4 Å². The average molecular weight is 285 g/mol. The molecule has 3 rings (SSSR count). The maximum atomic E-state index is 11.4. The van der Waals surface area contributed by atoms with Crippen LogP contribution in [-0.2, 0) is 4.74 Å². The molecular weight excluding hydrogens is 274 g/mol. The summed E-state index contributed by atoms with van der Waals surface area (Å²) in [6, 6.07) is 3.52. The van der Waals surface area contributed by atoms with E-state index in [9.17, 15) is 4.79 Å². The number of esters is 1. The molecule has 0 aliphatic carbocycles. The molecule has 3 aromatic heterocycles. The molecule has 21 heavy (non-hydrogen) atoms. The predicted octanol–water partition coefficient (Wildman–Crippen LogP) is 1.41. The fourth-order valence-electron chi connectivity index (χ4n) is 1.77. The molecule has 0 aliphatic rings. The Morgan fingerprint density at radius 3 is 2.95 bits per heavy atom. The van der Waals surface area contributed by atoms with Gasteiger partial charge in [-0.3, -0.25) is 4.57 Å². The topological polar surface area (TPSA) is 95.9 Å². The van der Waals surface area contributed by atoms with Crippen molar-refractivity contribution in [2.24, 2.45) is 0 Å². The number of methoxy groups -OCH3 is 1. The van der Waals surface area contributed by atoms with Crippen LogP contribution in [0.3, 0.4) is 0 Å². The number of hydrogen-bond acceptors (Lipinski definition) is 7. The third kappa shape index (κ3) is 2.50. The van der Waals surface area contributed by atoms with Crippen molar-refractivity contribution in [3.8, 4) is 17.3 Å². The molecule has 0 amide bonds. The van der Waals surface area contributed by atoms with Gasteiger partial charge in [0.25, 0.3) is 5.89 Å². The Bertz CT molecular complexity index is 792. The molecule has 8 heteroatoms. The summed E-state index contributed by atoms with van der Waals surface area (Å²) in [6.07, 6.45) is 4.64. The van der Waals surface area contributed by atoms with E-state index < -0.39 is 5.97 Å². The zero-order chi connectivity index (χ0) is 14.8. The van der Waals surface area contributed by atoms with Crippen molar-refractivity contribution in [1.82, 2.24) is 24.7 Å². The Morgan fingerprint density at radius 1 is 1.38 bits per heavy atom. The van der Waals surface area contributed by atoms with Gasteiger partial charge in [0.15, 0.2) is 11.5 Å². The molecule has 0 aromatic carbocycles. The van der Waals surface area contributed by atoms with Crippen molar-refractivity contribution < 1.29 is 14.1 Å². The summed E-state index contributed by atoms with van der Waals surface area (Å²) in [5.41, 5.74) is 0.937. The van der Waals surface area contributed by atoms with E-state index in [2.05, 4.69) is 24.8 Å². The molecule has 0 radical (unpaired) electrons. The van der Waals surface area contributed by atoms with Gasteiger partial charge in [0, 0.05) is 18.0 Å². The van der Waals surface area contributed by atoms with Crippen LogP contribution in [0.1, 0.15) is 16.3 Å². The molecule has 8 nitrogen and oxygen atoms in total. The van der Waals surface area contributed by atoms with Crippen LogP contribution < -0.4 is 0 Å². The first-order valence-electron chi connectivity index (χ1n) is 6.07. The summed E-state index contributed by atoms with van der Waals surface area (Å²) >= 11 is 0. The second-order valence-electron chi connectivity index (χ2n) is 4.21. The van der Waals surface area contributed by atoms with Crippen molar-refractivity contribution in [2.45, 2.75) is 6.92 Å². The molecule has 0 unspecified atom stereocenters. The van der Waals surface area contributed by atoms with Gasteiger partial charge in [-0.25, -0.2) is 14.8 Å². The molecule has 106 valence electrons. The van der Waals surface area contributed by atoms with Gasteiger partial charge in [0.1, 0.15) is 12.1 Å². The molecular formula is C13H11N5O3. The molecule has 0 saturated carbocycles. The van der Waals surface area contributed by atoms with Gasteiger partial charge < -0.3 is 9.26 Å². The Morgan fingerprint density at radius 2 is 2.24 bits per heavy atom. The molecule has 3 aromatic rings. The third-order valence-electron chi connectivity index (χ3n) is 2.76. The zero-order valence-corrected chi connectivity index (χ0v) is 11.3. The highest BCUT2D eigenvalue weighted by molar-refractivity contribution is 5.86. The van der Waals surface area contributed by atoms with E-state index in [1.807, 2.05) is 0 Å². The van der Waals surface area contributed by atoms with E-state index in [0.29, 0.717) is 17.5 Å². The lowest BCUT2D eigenvalue weighted by atomic mass is 10.2. The Labute approximate surface area is 119 Å². The number of hydrogen-bond donors (Lipinski definition) is 0. The van der Waals surface area contributed by atoms with Crippen LogP contribution in [-0.4, -0.2) is 37.8 Å². The highest BCUT2D eigenvalue weighted by Crippen LogP contribution is 2.19. The summed E-state index contributed by atoms with van der Waals surface area (Å²) in [4.78, 5) is 23.7. The van der Waals surface area contributed by atoms with Crippen LogP contribution in [0.4, 0.5) is 0 Å². The van der Waals surface area contributed by atoms with Gasteiger partial charge >= 0.3 is 5.97 Å². The van der Waals surface area contributed by atoms with E-state index in [0.717, 1.165) is 5.56 Å². The van der Waals surface area contributed by atoms with Gasteiger partial charge in [-0.2, -0.15) is 4.98 Å². The Kier molecular flexibility index (Phi) is 3.19. The summed E-state index contributed by atoms with van der Waals surface area (Å²) < 4.78 is 11.3. The summed E-state index contributed by atoms with van der Waals surface area (Å²) in [5, 5.41) is 3.75. The van der Waals surface area contributed by atoms with Gasteiger partial charge in [0.2, 0.25) is 0 Å². The van der Waals surface area contributed by atoms with Crippen molar-refractivity contribution >= 4 is 5.97 Å². The van der Waals surface area contributed by atoms with Gasteiger partial charge in [-0.15, -0.1) is 0 Å². The van der Waals surface area contributed by atoms with Gasteiger partial charge in [0.05, 0.1) is 7.11 Å². The summed E-state index contributed by atoms with van der Waals surface area (Å²) in [5.74, 6) is 1.03.